The van der Waals surface area contributed by atoms with E-state index in [0.717, 1.165) is 18.4 Å². The number of hydrogen-bond donors (Lipinski definition) is 1. The molecular formula is C14H28N2. The lowest BCUT2D eigenvalue weighted by Gasteiger charge is -2.35. The van der Waals surface area contributed by atoms with Gasteiger partial charge in [0, 0.05) is 12.6 Å². The van der Waals surface area contributed by atoms with Crippen LogP contribution in [0.3, 0.4) is 0 Å². The topological polar surface area (TPSA) is 15.3 Å². The van der Waals surface area contributed by atoms with Gasteiger partial charge in [-0.1, -0.05) is 19.9 Å². The van der Waals surface area contributed by atoms with E-state index >= 15 is 0 Å². The first-order valence-electron chi connectivity index (χ1n) is 6.70. The SMILES string of the molecule is C=CC(C)N1CCCC(CNCC(C)C)C1. The molecule has 1 saturated heterocycles. The molecule has 1 aliphatic heterocycles. The lowest BCUT2D eigenvalue weighted by Crippen LogP contribution is -2.43. The Balaban J connectivity index is 2.25. The van der Waals surface area contributed by atoms with Crippen LogP contribution < -0.4 is 5.32 Å². The molecule has 0 spiro atoms. The molecule has 2 atom stereocenters. The van der Waals surface area contributed by atoms with Crippen LogP contribution in [0.5, 0.6) is 0 Å². The Morgan fingerprint density at radius 3 is 2.81 bits per heavy atom. The molecule has 1 heterocycles. The van der Waals surface area contributed by atoms with Gasteiger partial charge in [0.1, 0.15) is 0 Å². The second-order valence-electron chi connectivity index (χ2n) is 5.53. The molecule has 0 aromatic carbocycles. The third kappa shape index (κ3) is 4.67. The molecule has 0 radical (unpaired) electrons. The van der Waals surface area contributed by atoms with Gasteiger partial charge in [-0.25, -0.2) is 0 Å². The number of piperidine rings is 1. The predicted molar refractivity (Wildman–Crippen MR) is 71.7 cm³/mol. The molecule has 2 unspecified atom stereocenters. The van der Waals surface area contributed by atoms with Crippen molar-refractivity contribution in [3.05, 3.63) is 12.7 Å². The summed E-state index contributed by atoms with van der Waals surface area (Å²) >= 11 is 0. The predicted octanol–water partition coefficient (Wildman–Crippen LogP) is 2.52. The molecule has 94 valence electrons. The lowest BCUT2D eigenvalue weighted by molar-refractivity contribution is 0.150. The number of hydrogen-bond acceptors (Lipinski definition) is 2. The Bertz CT molecular complexity index is 201. The highest BCUT2D eigenvalue weighted by Gasteiger charge is 2.21. The van der Waals surface area contributed by atoms with Crippen LogP contribution >= 0.6 is 0 Å². The van der Waals surface area contributed by atoms with Gasteiger partial charge in [-0.2, -0.15) is 0 Å². The van der Waals surface area contributed by atoms with E-state index in [-0.39, 0.29) is 0 Å². The van der Waals surface area contributed by atoms with Crippen molar-refractivity contribution in [2.75, 3.05) is 26.2 Å². The Morgan fingerprint density at radius 2 is 2.19 bits per heavy atom. The smallest absolute Gasteiger partial charge is 0.0247 e. The molecule has 0 aromatic heterocycles. The number of rotatable bonds is 6. The van der Waals surface area contributed by atoms with E-state index in [2.05, 4.69) is 43.6 Å². The fourth-order valence-electron chi connectivity index (χ4n) is 2.36. The quantitative estimate of drug-likeness (QED) is 0.697. The van der Waals surface area contributed by atoms with Crippen molar-refractivity contribution in [1.82, 2.24) is 10.2 Å². The van der Waals surface area contributed by atoms with Gasteiger partial charge in [0.15, 0.2) is 0 Å². The first-order valence-corrected chi connectivity index (χ1v) is 6.70. The van der Waals surface area contributed by atoms with Crippen LogP contribution in [0.4, 0.5) is 0 Å². The summed E-state index contributed by atoms with van der Waals surface area (Å²) in [4.78, 5) is 2.55. The normalized spacial score (nSPS) is 24.6. The Labute approximate surface area is 101 Å². The van der Waals surface area contributed by atoms with Gasteiger partial charge in [0.2, 0.25) is 0 Å². The van der Waals surface area contributed by atoms with Gasteiger partial charge in [-0.05, 0) is 51.2 Å². The molecule has 0 aliphatic carbocycles. The third-order valence-electron chi connectivity index (χ3n) is 3.45. The molecule has 0 bridgehead atoms. The van der Waals surface area contributed by atoms with E-state index in [0.29, 0.717) is 6.04 Å². The summed E-state index contributed by atoms with van der Waals surface area (Å²) < 4.78 is 0. The van der Waals surface area contributed by atoms with Crippen LogP contribution in [-0.4, -0.2) is 37.1 Å². The zero-order valence-electron chi connectivity index (χ0n) is 11.2. The highest BCUT2D eigenvalue weighted by atomic mass is 15.2. The maximum absolute atomic E-state index is 3.89. The van der Waals surface area contributed by atoms with E-state index < -0.39 is 0 Å². The van der Waals surface area contributed by atoms with E-state index in [1.165, 1.54) is 32.5 Å². The van der Waals surface area contributed by atoms with E-state index in [4.69, 9.17) is 0 Å². The zero-order valence-corrected chi connectivity index (χ0v) is 11.2. The molecule has 0 aromatic rings. The van der Waals surface area contributed by atoms with Gasteiger partial charge >= 0.3 is 0 Å². The highest BCUT2D eigenvalue weighted by molar-refractivity contribution is 4.87. The fraction of sp³-hybridized carbons (Fsp3) is 0.857. The van der Waals surface area contributed by atoms with E-state index in [1.54, 1.807) is 0 Å². The monoisotopic (exact) mass is 224 g/mol. The summed E-state index contributed by atoms with van der Waals surface area (Å²) in [6.07, 6.45) is 4.78. The Hall–Kier alpha value is -0.340. The molecule has 2 nitrogen and oxygen atoms in total. The molecule has 1 N–H and O–H groups in total. The van der Waals surface area contributed by atoms with Gasteiger partial charge in [0.25, 0.3) is 0 Å². The van der Waals surface area contributed by atoms with Crippen LogP contribution in [0.25, 0.3) is 0 Å². The van der Waals surface area contributed by atoms with Crippen molar-refractivity contribution in [3.8, 4) is 0 Å². The van der Waals surface area contributed by atoms with Gasteiger partial charge in [-0.15, -0.1) is 6.58 Å². The van der Waals surface area contributed by atoms with Crippen LogP contribution in [0.2, 0.25) is 0 Å². The minimum atomic E-state index is 0.535. The summed E-state index contributed by atoms with van der Waals surface area (Å²) in [5, 5.41) is 3.58. The first kappa shape index (κ1) is 13.7. The molecule has 2 heteroatoms. The molecule has 0 amide bonds. The average molecular weight is 224 g/mol. The minimum absolute atomic E-state index is 0.535. The number of likely N-dealkylation sites (tertiary alicyclic amines) is 1. The summed E-state index contributed by atoms with van der Waals surface area (Å²) in [6.45, 7) is 15.5. The molecule has 0 saturated carbocycles. The van der Waals surface area contributed by atoms with Gasteiger partial charge in [-0.3, -0.25) is 4.90 Å². The van der Waals surface area contributed by atoms with Crippen molar-refractivity contribution in [2.24, 2.45) is 11.8 Å². The summed E-state index contributed by atoms with van der Waals surface area (Å²) in [5.41, 5.74) is 0. The lowest BCUT2D eigenvalue weighted by atomic mass is 9.96. The Morgan fingerprint density at radius 1 is 1.44 bits per heavy atom. The van der Waals surface area contributed by atoms with E-state index in [9.17, 15) is 0 Å². The van der Waals surface area contributed by atoms with Crippen molar-refractivity contribution in [2.45, 2.75) is 39.7 Å². The van der Waals surface area contributed by atoms with Crippen molar-refractivity contribution >= 4 is 0 Å². The summed E-state index contributed by atoms with van der Waals surface area (Å²) in [5.74, 6) is 1.58. The Kier molecular flexibility index (Phi) is 6.07. The second kappa shape index (κ2) is 7.08. The first-order chi connectivity index (χ1) is 7.63. The second-order valence-corrected chi connectivity index (χ2v) is 5.53. The zero-order chi connectivity index (χ0) is 12.0. The maximum Gasteiger partial charge on any atom is 0.0247 e. The maximum atomic E-state index is 3.89. The molecule has 16 heavy (non-hydrogen) atoms. The number of nitrogens with one attached hydrogen (secondary N) is 1. The molecule has 1 aliphatic rings. The summed E-state index contributed by atoms with van der Waals surface area (Å²) in [6, 6.07) is 0.535. The molecule has 1 fully saturated rings. The van der Waals surface area contributed by atoms with Gasteiger partial charge < -0.3 is 5.32 Å². The fourth-order valence-corrected chi connectivity index (χ4v) is 2.36. The van der Waals surface area contributed by atoms with Crippen molar-refractivity contribution < 1.29 is 0 Å². The average Bonchev–Trinajstić information content (AvgIpc) is 2.28. The van der Waals surface area contributed by atoms with Crippen molar-refractivity contribution in [1.29, 1.82) is 0 Å². The van der Waals surface area contributed by atoms with Crippen LogP contribution in [-0.2, 0) is 0 Å². The van der Waals surface area contributed by atoms with Crippen LogP contribution in [0.15, 0.2) is 12.7 Å². The molecular weight excluding hydrogens is 196 g/mol. The van der Waals surface area contributed by atoms with Crippen LogP contribution in [0, 0.1) is 11.8 Å². The summed E-state index contributed by atoms with van der Waals surface area (Å²) in [7, 11) is 0. The van der Waals surface area contributed by atoms with Crippen LogP contribution in [0.1, 0.15) is 33.6 Å². The van der Waals surface area contributed by atoms with Crippen molar-refractivity contribution in [3.63, 3.8) is 0 Å². The largest absolute Gasteiger partial charge is 0.316 e. The standard InChI is InChI=1S/C14H28N2/c1-5-13(4)16-8-6-7-14(11-16)10-15-9-12(2)3/h5,12-15H,1,6-11H2,2-4H3. The van der Waals surface area contributed by atoms with Gasteiger partial charge in [0.05, 0.1) is 0 Å². The third-order valence-corrected chi connectivity index (χ3v) is 3.45. The minimum Gasteiger partial charge on any atom is -0.316 e. The molecule has 1 rings (SSSR count). The number of nitrogens with zero attached hydrogens (tertiary/aromatic N) is 1. The van der Waals surface area contributed by atoms with E-state index in [1.807, 2.05) is 0 Å². The highest BCUT2D eigenvalue weighted by Crippen LogP contribution is 2.18.